The van der Waals surface area contributed by atoms with Crippen LogP contribution in [0.5, 0.6) is 0 Å². The molecule has 1 saturated heterocycles. The molecule has 0 aromatic carbocycles. The van der Waals surface area contributed by atoms with Crippen molar-refractivity contribution in [2.75, 3.05) is 6.54 Å². The summed E-state index contributed by atoms with van der Waals surface area (Å²) in [6.07, 6.45) is 7.50. The summed E-state index contributed by atoms with van der Waals surface area (Å²) in [5.74, 6) is 0.862. The molecule has 0 spiro atoms. The van der Waals surface area contributed by atoms with Crippen molar-refractivity contribution in [1.29, 1.82) is 0 Å². The van der Waals surface area contributed by atoms with Crippen LogP contribution in [0.3, 0.4) is 0 Å². The molecule has 0 bridgehead atoms. The molecular formula is C15H22N2OS. The quantitative estimate of drug-likeness (QED) is 0.904. The molecule has 3 atom stereocenters. The Bertz CT molecular complexity index is 429. The van der Waals surface area contributed by atoms with Gasteiger partial charge in [0.1, 0.15) is 6.04 Å². The van der Waals surface area contributed by atoms with Crippen molar-refractivity contribution >= 4 is 17.2 Å². The molecule has 2 N–H and O–H groups in total. The molecule has 4 heteroatoms. The zero-order chi connectivity index (χ0) is 13.2. The van der Waals surface area contributed by atoms with Gasteiger partial charge in [-0.3, -0.25) is 4.79 Å². The lowest BCUT2D eigenvalue weighted by molar-refractivity contribution is -0.139. The summed E-state index contributed by atoms with van der Waals surface area (Å²) >= 11 is 1.58. The summed E-state index contributed by atoms with van der Waals surface area (Å²) in [5.41, 5.74) is 6.15. The van der Waals surface area contributed by atoms with Crippen LogP contribution in [0, 0.1) is 5.92 Å². The van der Waals surface area contributed by atoms with Crippen molar-refractivity contribution in [3.8, 4) is 0 Å². The number of fused-ring (bicyclic) bond motifs is 1. The Morgan fingerprint density at radius 2 is 2.11 bits per heavy atom. The summed E-state index contributed by atoms with van der Waals surface area (Å²) < 4.78 is 0. The highest BCUT2D eigenvalue weighted by molar-refractivity contribution is 7.10. The van der Waals surface area contributed by atoms with Crippen molar-refractivity contribution in [2.45, 2.75) is 50.6 Å². The summed E-state index contributed by atoms with van der Waals surface area (Å²) in [7, 11) is 0. The van der Waals surface area contributed by atoms with Gasteiger partial charge in [-0.15, -0.1) is 11.3 Å². The molecule has 3 rings (SSSR count). The number of hydrogen-bond acceptors (Lipinski definition) is 3. The zero-order valence-electron chi connectivity index (χ0n) is 11.3. The molecule has 3 unspecified atom stereocenters. The molecule has 3 nitrogen and oxygen atoms in total. The lowest BCUT2D eigenvalue weighted by Crippen LogP contribution is -2.52. The lowest BCUT2D eigenvalue weighted by atomic mass is 9.78. The molecule has 19 heavy (non-hydrogen) atoms. The van der Waals surface area contributed by atoms with Gasteiger partial charge < -0.3 is 10.6 Å². The third kappa shape index (κ3) is 2.56. The van der Waals surface area contributed by atoms with Crippen LogP contribution in [0.2, 0.25) is 0 Å². The number of rotatable bonds is 2. The topological polar surface area (TPSA) is 46.3 Å². The van der Waals surface area contributed by atoms with E-state index in [0.717, 1.165) is 23.8 Å². The van der Waals surface area contributed by atoms with Crippen LogP contribution in [0.15, 0.2) is 17.5 Å². The Morgan fingerprint density at radius 3 is 2.89 bits per heavy atom. The van der Waals surface area contributed by atoms with Gasteiger partial charge in [0.25, 0.3) is 0 Å². The van der Waals surface area contributed by atoms with Crippen LogP contribution in [0.4, 0.5) is 0 Å². The first-order valence-electron chi connectivity index (χ1n) is 7.37. The van der Waals surface area contributed by atoms with Gasteiger partial charge >= 0.3 is 0 Å². The highest BCUT2D eigenvalue weighted by Crippen LogP contribution is 2.36. The summed E-state index contributed by atoms with van der Waals surface area (Å²) in [4.78, 5) is 15.7. The summed E-state index contributed by atoms with van der Waals surface area (Å²) in [6.45, 7) is 0.902. The SMILES string of the molecule is NC(C(=O)N1CCCC2CCCCC21)c1cccs1. The van der Waals surface area contributed by atoms with E-state index in [4.69, 9.17) is 5.73 Å². The van der Waals surface area contributed by atoms with Crippen LogP contribution < -0.4 is 5.73 Å². The molecule has 1 aliphatic carbocycles. The number of amides is 1. The highest BCUT2D eigenvalue weighted by atomic mass is 32.1. The van der Waals surface area contributed by atoms with Crippen molar-refractivity contribution in [1.82, 2.24) is 4.90 Å². The van der Waals surface area contributed by atoms with Crippen LogP contribution in [-0.4, -0.2) is 23.4 Å². The molecule has 1 saturated carbocycles. The molecule has 1 aliphatic heterocycles. The molecule has 2 aliphatic rings. The van der Waals surface area contributed by atoms with E-state index in [1.807, 2.05) is 17.5 Å². The molecule has 0 radical (unpaired) electrons. The van der Waals surface area contributed by atoms with Crippen molar-refractivity contribution in [3.05, 3.63) is 22.4 Å². The smallest absolute Gasteiger partial charge is 0.245 e. The fraction of sp³-hybridized carbons (Fsp3) is 0.667. The van der Waals surface area contributed by atoms with Gasteiger partial charge in [-0.05, 0) is 43.0 Å². The number of nitrogens with zero attached hydrogens (tertiary/aromatic N) is 1. The Labute approximate surface area is 118 Å². The molecule has 2 fully saturated rings. The van der Waals surface area contributed by atoms with Crippen LogP contribution in [0.25, 0.3) is 0 Å². The van der Waals surface area contributed by atoms with Crippen LogP contribution >= 0.6 is 11.3 Å². The minimum absolute atomic E-state index is 0.138. The molecule has 104 valence electrons. The van der Waals surface area contributed by atoms with E-state index in [2.05, 4.69) is 4.90 Å². The third-order valence-corrected chi connectivity index (χ3v) is 5.60. The van der Waals surface area contributed by atoms with Gasteiger partial charge in [0.05, 0.1) is 0 Å². The van der Waals surface area contributed by atoms with Crippen LogP contribution in [0.1, 0.15) is 49.4 Å². The molecule has 2 heterocycles. The number of likely N-dealkylation sites (tertiary alicyclic amines) is 1. The third-order valence-electron chi connectivity index (χ3n) is 4.64. The number of carbonyl (C=O) groups excluding carboxylic acids is 1. The van der Waals surface area contributed by atoms with E-state index >= 15 is 0 Å². The predicted octanol–water partition coefficient (Wildman–Crippen LogP) is 2.93. The van der Waals surface area contributed by atoms with E-state index < -0.39 is 6.04 Å². The maximum atomic E-state index is 12.7. The van der Waals surface area contributed by atoms with Gasteiger partial charge in [-0.1, -0.05) is 18.9 Å². The second-order valence-electron chi connectivity index (χ2n) is 5.78. The molecule has 1 aromatic heterocycles. The van der Waals surface area contributed by atoms with E-state index in [-0.39, 0.29) is 5.91 Å². The van der Waals surface area contributed by atoms with Gasteiger partial charge in [0.2, 0.25) is 5.91 Å². The van der Waals surface area contributed by atoms with E-state index in [9.17, 15) is 4.79 Å². The average molecular weight is 278 g/mol. The summed E-state index contributed by atoms with van der Waals surface area (Å²) in [5, 5.41) is 1.99. The predicted molar refractivity (Wildman–Crippen MR) is 77.9 cm³/mol. The lowest BCUT2D eigenvalue weighted by Gasteiger charge is -2.44. The normalized spacial score (nSPS) is 28.8. The fourth-order valence-electron chi connectivity index (χ4n) is 3.67. The Hall–Kier alpha value is -0.870. The molecular weight excluding hydrogens is 256 g/mol. The van der Waals surface area contributed by atoms with Gasteiger partial charge in [-0.2, -0.15) is 0 Å². The van der Waals surface area contributed by atoms with Crippen LogP contribution in [-0.2, 0) is 4.79 Å². The number of piperidine rings is 1. The van der Waals surface area contributed by atoms with E-state index in [1.165, 1.54) is 32.1 Å². The maximum absolute atomic E-state index is 12.7. The van der Waals surface area contributed by atoms with Gasteiger partial charge in [0.15, 0.2) is 0 Å². The standard InChI is InChI=1S/C15H22N2OS/c16-14(13-8-4-10-19-13)15(18)17-9-3-6-11-5-1-2-7-12(11)17/h4,8,10-12,14H,1-3,5-7,9,16H2. The number of hydrogen-bond donors (Lipinski definition) is 1. The summed E-state index contributed by atoms with van der Waals surface area (Å²) in [6, 6.07) is 3.93. The van der Waals surface area contributed by atoms with Gasteiger partial charge in [0, 0.05) is 17.5 Å². The first-order chi connectivity index (χ1) is 9.27. The van der Waals surface area contributed by atoms with E-state index in [1.54, 1.807) is 11.3 Å². The fourth-order valence-corrected chi connectivity index (χ4v) is 4.39. The Morgan fingerprint density at radius 1 is 1.32 bits per heavy atom. The molecule has 1 amide bonds. The first kappa shape index (κ1) is 13.1. The van der Waals surface area contributed by atoms with Crippen molar-refractivity contribution < 1.29 is 4.79 Å². The number of thiophene rings is 1. The highest BCUT2D eigenvalue weighted by Gasteiger charge is 2.37. The minimum atomic E-state index is -0.458. The Kier molecular flexibility index (Phi) is 3.89. The zero-order valence-corrected chi connectivity index (χ0v) is 12.1. The second kappa shape index (κ2) is 5.63. The number of carbonyl (C=O) groups is 1. The second-order valence-corrected chi connectivity index (χ2v) is 6.76. The first-order valence-corrected chi connectivity index (χ1v) is 8.25. The van der Waals surface area contributed by atoms with Crippen molar-refractivity contribution in [2.24, 2.45) is 11.7 Å². The largest absolute Gasteiger partial charge is 0.338 e. The number of nitrogens with two attached hydrogens (primary N) is 1. The van der Waals surface area contributed by atoms with Gasteiger partial charge in [-0.25, -0.2) is 0 Å². The average Bonchev–Trinajstić information content (AvgIpc) is 2.99. The Balaban J connectivity index is 1.74. The monoisotopic (exact) mass is 278 g/mol. The maximum Gasteiger partial charge on any atom is 0.245 e. The van der Waals surface area contributed by atoms with Crippen molar-refractivity contribution in [3.63, 3.8) is 0 Å². The van der Waals surface area contributed by atoms with E-state index in [0.29, 0.717) is 6.04 Å². The minimum Gasteiger partial charge on any atom is -0.338 e. The molecule has 1 aromatic rings.